The molecule has 8 nitrogen and oxygen atoms in total. The van der Waals surface area contributed by atoms with Crippen molar-refractivity contribution in [1.82, 2.24) is 0 Å². The molecule has 0 spiro atoms. The molecule has 0 amide bonds. The van der Waals surface area contributed by atoms with Crippen molar-refractivity contribution in [3.8, 4) is 11.5 Å². The SMILES string of the molecule is COc1ccc(CO[C@H]([C@H](O)[C@H](CO)OCc2ccc(OC)cc2)[C@@H]2OC(c3ccccc3)OC[C@H]2C)cc1. The van der Waals surface area contributed by atoms with Crippen LogP contribution in [0, 0.1) is 5.92 Å². The van der Waals surface area contributed by atoms with E-state index < -0.39 is 30.7 Å². The van der Waals surface area contributed by atoms with E-state index in [9.17, 15) is 10.2 Å². The fourth-order valence-electron chi connectivity index (χ4n) is 4.53. The van der Waals surface area contributed by atoms with Gasteiger partial charge in [0.1, 0.15) is 29.8 Å². The third-order valence-electron chi connectivity index (χ3n) is 6.87. The fraction of sp³-hybridized carbons (Fsp3) is 0.419. The van der Waals surface area contributed by atoms with Gasteiger partial charge in [-0.3, -0.25) is 0 Å². The van der Waals surface area contributed by atoms with E-state index in [1.807, 2.05) is 85.8 Å². The predicted octanol–water partition coefficient (Wildman–Crippen LogP) is 4.28. The number of ether oxygens (including phenoxy) is 6. The predicted molar refractivity (Wildman–Crippen MR) is 145 cm³/mol. The summed E-state index contributed by atoms with van der Waals surface area (Å²) in [5.41, 5.74) is 2.68. The molecule has 1 aliphatic heterocycles. The molecule has 3 aromatic rings. The van der Waals surface area contributed by atoms with Crippen molar-refractivity contribution >= 4 is 0 Å². The largest absolute Gasteiger partial charge is 0.497 e. The van der Waals surface area contributed by atoms with Gasteiger partial charge in [0.05, 0.1) is 46.8 Å². The van der Waals surface area contributed by atoms with Gasteiger partial charge in [-0.25, -0.2) is 0 Å². The highest BCUT2D eigenvalue weighted by Gasteiger charge is 2.42. The Balaban J connectivity index is 1.52. The lowest BCUT2D eigenvalue weighted by atomic mass is 9.93. The molecule has 39 heavy (non-hydrogen) atoms. The van der Waals surface area contributed by atoms with Crippen molar-refractivity contribution in [2.45, 2.75) is 50.8 Å². The molecule has 8 heteroatoms. The summed E-state index contributed by atoms with van der Waals surface area (Å²) in [6, 6.07) is 24.6. The molecule has 1 unspecified atom stereocenters. The van der Waals surface area contributed by atoms with Gasteiger partial charge >= 0.3 is 0 Å². The normalized spacial score (nSPS) is 21.6. The average Bonchev–Trinajstić information content (AvgIpc) is 2.99. The Morgan fingerprint density at radius 1 is 0.821 bits per heavy atom. The quantitative estimate of drug-likeness (QED) is 0.333. The van der Waals surface area contributed by atoms with Crippen LogP contribution in [0.25, 0.3) is 0 Å². The molecule has 1 fully saturated rings. The number of aliphatic hydroxyl groups excluding tert-OH is 2. The average molecular weight is 539 g/mol. The van der Waals surface area contributed by atoms with Gasteiger partial charge in [0.15, 0.2) is 6.29 Å². The van der Waals surface area contributed by atoms with Crippen LogP contribution in [-0.4, -0.2) is 62.1 Å². The molecule has 6 atom stereocenters. The summed E-state index contributed by atoms with van der Waals surface area (Å²) in [5.74, 6) is 1.40. The van der Waals surface area contributed by atoms with E-state index in [0.29, 0.717) is 6.61 Å². The summed E-state index contributed by atoms with van der Waals surface area (Å²) in [5, 5.41) is 21.7. The molecule has 1 aliphatic rings. The van der Waals surface area contributed by atoms with Gasteiger partial charge in [-0.1, -0.05) is 61.5 Å². The number of methoxy groups -OCH3 is 2. The van der Waals surface area contributed by atoms with Crippen LogP contribution in [0.1, 0.15) is 29.9 Å². The molecule has 0 aromatic heterocycles. The molecule has 0 bridgehead atoms. The van der Waals surface area contributed by atoms with Crippen molar-refractivity contribution in [3.63, 3.8) is 0 Å². The minimum Gasteiger partial charge on any atom is -0.497 e. The zero-order valence-electron chi connectivity index (χ0n) is 22.6. The van der Waals surface area contributed by atoms with Gasteiger partial charge in [-0.05, 0) is 35.4 Å². The Kier molecular flexibility index (Phi) is 10.7. The second kappa shape index (κ2) is 14.4. The molecular formula is C31H38O8. The van der Waals surface area contributed by atoms with Crippen LogP contribution >= 0.6 is 0 Å². The molecule has 1 saturated heterocycles. The van der Waals surface area contributed by atoms with Gasteiger partial charge in [-0.2, -0.15) is 0 Å². The standard InChI is InChI=1S/C31H38O8/c1-21-18-38-31(24-7-5-4-6-8-24)39-29(21)30(37-20-23-11-15-26(35-3)16-12-23)28(33)27(17-32)36-19-22-9-13-25(34-2)14-10-22/h4-16,21,27-33H,17-20H2,1-3H3/t21-,27+,28-,29-,30-,31?/m1/s1. The van der Waals surface area contributed by atoms with Crippen LogP contribution < -0.4 is 9.47 Å². The molecule has 210 valence electrons. The van der Waals surface area contributed by atoms with E-state index in [1.54, 1.807) is 14.2 Å². The van der Waals surface area contributed by atoms with Crippen LogP contribution in [0.4, 0.5) is 0 Å². The highest BCUT2D eigenvalue weighted by Crippen LogP contribution is 2.33. The molecular weight excluding hydrogens is 500 g/mol. The molecule has 2 N–H and O–H groups in total. The smallest absolute Gasteiger partial charge is 0.184 e. The lowest BCUT2D eigenvalue weighted by Gasteiger charge is -2.42. The molecule has 3 aromatic carbocycles. The first-order valence-electron chi connectivity index (χ1n) is 13.1. The Bertz CT molecular complexity index is 1110. The third-order valence-corrected chi connectivity index (χ3v) is 6.87. The van der Waals surface area contributed by atoms with Crippen LogP contribution in [0.3, 0.4) is 0 Å². The van der Waals surface area contributed by atoms with Crippen LogP contribution in [-0.2, 0) is 32.2 Å². The number of rotatable bonds is 13. The summed E-state index contributed by atoms with van der Waals surface area (Å²) < 4.78 is 35.2. The van der Waals surface area contributed by atoms with E-state index >= 15 is 0 Å². The van der Waals surface area contributed by atoms with Crippen molar-refractivity contribution in [3.05, 3.63) is 95.6 Å². The second-order valence-electron chi connectivity index (χ2n) is 9.65. The van der Waals surface area contributed by atoms with Crippen LogP contribution in [0.15, 0.2) is 78.9 Å². The first-order chi connectivity index (χ1) is 19.0. The van der Waals surface area contributed by atoms with Gasteiger partial charge < -0.3 is 38.6 Å². The fourth-order valence-corrected chi connectivity index (χ4v) is 4.53. The third kappa shape index (κ3) is 7.79. The first-order valence-corrected chi connectivity index (χ1v) is 13.1. The maximum atomic E-state index is 11.5. The number of hydrogen-bond donors (Lipinski definition) is 2. The van der Waals surface area contributed by atoms with Crippen LogP contribution in [0.2, 0.25) is 0 Å². The van der Waals surface area contributed by atoms with E-state index in [2.05, 4.69) is 0 Å². The van der Waals surface area contributed by atoms with E-state index in [4.69, 9.17) is 28.4 Å². The monoisotopic (exact) mass is 538 g/mol. The molecule has 1 heterocycles. The van der Waals surface area contributed by atoms with Crippen molar-refractivity contribution < 1.29 is 38.6 Å². The highest BCUT2D eigenvalue weighted by atomic mass is 16.7. The van der Waals surface area contributed by atoms with Crippen molar-refractivity contribution in [1.29, 1.82) is 0 Å². The van der Waals surface area contributed by atoms with Crippen LogP contribution in [0.5, 0.6) is 11.5 Å². The molecule has 0 aliphatic carbocycles. The van der Waals surface area contributed by atoms with E-state index in [0.717, 1.165) is 28.2 Å². The Morgan fingerprint density at radius 2 is 1.38 bits per heavy atom. The second-order valence-corrected chi connectivity index (χ2v) is 9.65. The summed E-state index contributed by atoms with van der Waals surface area (Å²) in [4.78, 5) is 0. The topological polar surface area (TPSA) is 95.8 Å². The van der Waals surface area contributed by atoms with E-state index in [-0.39, 0.29) is 25.7 Å². The van der Waals surface area contributed by atoms with Crippen molar-refractivity contribution in [2.24, 2.45) is 5.92 Å². The molecule has 0 radical (unpaired) electrons. The minimum atomic E-state index is -1.17. The Labute approximate surface area is 230 Å². The number of benzene rings is 3. The lowest BCUT2D eigenvalue weighted by Crippen LogP contribution is -2.53. The Morgan fingerprint density at radius 3 is 1.92 bits per heavy atom. The summed E-state index contributed by atoms with van der Waals surface area (Å²) in [6.07, 6.45) is -3.99. The maximum Gasteiger partial charge on any atom is 0.184 e. The molecule has 0 saturated carbocycles. The van der Waals surface area contributed by atoms with Crippen molar-refractivity contribution in [2.75, 3.05) is 27.4 Å². The number of aliphatic hydroxyl groups is 2. The molecule has 4 rings (SSSR count). The minimum absolute atomic E-state index is 0.0820. The summed E-state index contributed by atoms with van der Waals surface area (Å²) in [6.45, 7) is 2.46. The van der Waals surface area contributed by atoms with Gasteiger partial charge in [0.25, 0.3) is 0 Å². The zero-order chi connectivity index (χ0) is 27.6. The van der Waals surface area contributed by atoms with Gasteiger partial charge in [-0.15, -0.1) is 0 Å². The highest BCUT2D eigenvalue weighted by molar-refractivity contribution is 5.27. The van der Waals surface area contributed by atoms with Gasteiger partial charge in [0.2, 0.25) is 0 Å². The maximum absolute atomic E-state index is 11.5. The zero-order valence-corrected chi connectivity index (χ0v) is 22.6. The Hall–Kier alpha value is -2.98. The summed E-state index contributed by atoms with van der Waals surface area (Å²) in [7, 11) is 3.23. The van der Waals surface area contributed by atoms with E-state index in [1.165, 1.54) is 0 Å². The number of hydrogen-bond acceptors (Lipinski definition) is 8. The first kappa shape index (κ1) is 29.0. The lowest BCUT2D eigenvalue weighted by molar-refractivity contribution is -0.280. The van der Waals surface area contributed by atoms with Gasteiger partial charge in [0, 0.05) is 11.5 Å². The summed E-state index contributed by atoms with van der Waals surface area (Å²) >= 11 is 0.